The number of anilines is 1. The molecule has 0 aliphatic carbocycles. The van der Waals surface area contributed by atoms with Gasteiger partial charge in [0, 0.05) is 18.8 Å². The molecule has 0 aromatic heterocycles. The lowest BCUT2D eigenvalue weighted by Crippen LogP contribution is -2.45. The summed E-state index contributed by atoms with van der Waals surface area (Å²) in [7, 11) is 0. The van der Waals surface area contributed by atoms with E-state index in [-0.39, 0.29) is 5.91 Å². The van der Waals surface area contributed by atoms with E-state index in [4.69, 9.17) is 10.5 Å². The third kappa shape index (κ3) is 3.53. The average molecular weight is 249 g/mol. The monoisotopic (exact) mass is 249 g/mol. The van der Waals surface area contributed by atoms with E-state index in [1.807, 2.05) is 24.3 Å². The number of amides is 1. The second kappa shape index (κ2) is 6.49. The van der Waals surface area contributed by atoms with E-state index in [2.05, 4.69) is 10.6 Å². The molecule has 2 rings (SSSR count). The van der Waals surface area contributed by atoms with Crippen LogP contribution in [0.1, 0.15) is 5.56 Å². The number of nitrogens with one attached hydrogen (secondary N) is 2. The maximum atomic E-state index is 11.9. The molecule has 4 N–H and O–H groups in total. The van der Waals surface area contributed by atoms with Crippen molar-refractivity contribution in [2.75, 3.05) is 31.6 Å². The molecule has 5 heteroatoms. The van der Waals surface area contributed by atoms with Gasteiger partial charge in [-0.2, -0.15) is 0 Å². The molecule has 1 fully saturated rings. The summed E-state index contributed by atoms with van der Waals surface area (Å²) in [6.45, 7) is 2.58. The fourth-order valence-electron chi connectivity index (χ4n) is 1.88. The average Bonchev–Trinajstić information content (AvgIpc) is 2.42. The van der Waals surface area contributed by atoms with Crippen LogP contribution in [0.2, 0.25) is 0 Å². The molecule has 0 saturated carbocycles. The van der Waals surface area contributed by atoms with Gasteiger partial charge < -0.3 is 21.1 Å². The van der Waals surface area contributed by atoms with Crippen molar-refractivity contribution in [1.29, 1.82) is 0 Å². The van der Waals surface area contributed by atoms with Crippen molar-refractivity contribution in [2.24, 2.45) is 5.73 Å². The minimum Gasteiger partial charge on any atom is -0.366 e. The lowest BCUT2D eigenvalue weighted by molar-refractivity contribution is -0.128. The second-order valence-corrected chi connectivity index (χ2v) is 4.29. The smallest absolute Gasteiger partial charge is 0.254 e. The van der Waals surface area contributed by atoms with E-state index in [0.29, 0.717) is 19.7 Å². The Hall–Kier alpha value is -1.43. The van der Waals surface area contributed by atoms with Crippen LogP contribution in [-0.2, 0) is 16.0 Å². The number of morpholine rings is 1. The van der Waals surface area contributed by atoms with Crippen LogP contribution in [-0.4, -0.2) is 38.3 Å². The maximum absolute atomic E-state index is 11.9. The largest absolute Gasteiger partial charge is 0.366 e. The third-order valence-corrected chi connectivity index (χ3v) is 2.87. The number of rotatable bonds is 4. The number of hydrogen-bond acceptors (Lipinski definition) is 4. The highest BCUT2D eigenvalue weighted by Gasteiger charge is 2.21. The van der Waals surface area contributed by atoms with Gasteiger partial charge in [0.25, 0.3) is 5.91 Å². The Morgan fingerprint density at radius 1 is 1.44 bits per heavy atom. The Labute approximate surface area is 107 Å². The SMILES string of the molecule is NCCc1ccc(NC(=O)C2CNCCO2)cc1. The van der Waals surface area contributed by atoms with Gasteiger partial charge in [-0.3, -0.25) is 4.79 Å². The van der Waals surface area contributed by atoms with E-state index in [1.54, 1.807) is 0 Å². The van der Waals surface area contributed by atoms with Crippen LogP contribution in [0.5, 0.6) is 0 Å². The van der Waals surface area contributed by atoms with Crippen molar-refractivity contribution in [3.63, 3.8) is 0 Å². The molecule has 1 aromatic rings. The Bertz CT molecular complexity index is 386. The minimum atomic E-state index is -0.400. The number of nitrogens with two attached hydrogens (primary N) is 1. The highest BCUT2D eigenvalue weighted by Crippen LogP contribution is 2.11. The summed E-state index contributed by atoms with van der Waals surface area (Å²) in [5, 5.41) is 5.97. The Kier molecular flexibility index (Phi) is 4.69. The summed E-state index contributed by atoms with van der Waals surface area (Å²) in [4.78, 5) is 11.9. The topological polar surface area (TPSA) is 76.4 Å². The first-order chi connectivity index (χ1) is 8.79. The number of carbonyl (C=O) groups excluding carboxylic acids is 1. The predicted molar refractivity (Wildman–Crippen MR) is 70.4 cm³/mol. The molecule has 1 amide bonds. The summed E-state index contributed by atoms with van der Waals surface area (Å²) >= 11 is 0. The molecule has 0 radical (unpaired) electrons. The quantitative estimate of drug-likeness (QED) is 0.708. The second-order valence-electron chi connectivity index (χ2n) is 4.29. The molecule has 5 nitrogen and oxygen atoms in total. The lowest BCUT2D eigenvalue weighted by Gasteiger charge is -2.22. The molecule has 1 unspecified atom stereocenters. The zero-order valence-corrected chi connectivity index (χ0v) is 10.3. The zero-order chi connectivity index (χ0) is 12.8. The van der Waals surface area contributed by atoms with E-state index >= 15 is 0 Å². The fraction of sp³-hybridized carbons (Fsp3) is 0.462. The first-order valence-corrected chi connectivity index (χ1v) is 6.22. The molecule has 1 aliphatic rings. The highest BCUT2D eigenvalue weighted by molar-refractivity contribution is 5.94. The number of benzene rings is 1. The summed E-state index contributed by atoms with van der Waals surface area (Å²) in [5.74, 6) is -0.103. The Morgan fingerprint density at radius 2 is 2.22 bits per heavy atom. The van der Waals surface area contributed by atoms with Crippen LogP contribution in [0.15, 0.2) is 24.3 Å². The fourth-order valence-corrected chi connectivity index (χ4v) is 1.88. The standard InChI is InChI=1S/C13H19N3O2/c14-6-5-10-1-3-11(4-2-10)16-13(17)12-9-15-7-8-18-12/h1-4,12,15H,5-9,14H2,(H,16,17). The van der Waals surface area contributed by atoms with Gasteiger partial charge in [0.1, 0.15) is 6.10 Å². The van der Waals surface area contributed by atoms with Crippen molar-refractivity contribution < 1.29 is 9.53 Å². The number of carbonyl (C=O) groups is 1. The zero-order valence-electron chi connectivity index (χ0n) is 10.3. The molecule has 98 valence electrons. The molecular formula is C13H19N3O2. The van der Waals surface area contributed by atoms with Gasteiger partial charge in [-0.05, 0) is 30.7 Å². The molecule has 1 atom stereocenters. The Balaban J connectivity index is 1.89. The number of hydrogen-bond donors (Lipinski definition) is 3. The van der Waals surface area contributed by atoms with Gasteiger partial charge in [0.05, 0.1) is 6.61 Å². The van der Waals surface area contributed by atoms with Gasteiger partial charge >= 0.3 is 0 Å². The first kappa shape index (κ1) is 13.0. The lowest BCUT2D eigenvalue weighted by atomic mass is 10.1. The van der Waals surface area contributed by atoms with Crippen LogP contribution in [0.25, 0.3) is 0 Å². The van der Waals surface area contributed by atoms with Gasteiger partial charge in [0.2, 0.25) is 0 Å². The van der Waals surface area contributed by atoms with Gasteiger partial charge in [-0.1, -0.05) is 12.1 Å². The van der Waals surface area contributed by atoms with Gasteiger partial charge in [0.15, 0.2) is 0 Å². The highest BCUT2D eigenvalue weighted by atomic mass is 16.5. The van der Waals surface area contributed by atoms with Crippen molar-refractivity contribution in [1.82, 2.24) is 5.32 Å². The van der Waals surface area contributed by atoms with E-state index < -0.39 is 6.10 Å². The van der Waals surface area contributed by atoms with E-state index in [1.165, 1.54) is 5.56 Å². The van der Waals surface area contributed by atoms with Crippen molar-refractivity contribution >= 4 is 11.6 Å². The molecule has 1 saturated heterocycles. The molecule has 1 aromatic carbocycles. The summed E-state index contributed by atoms with van der Waals surface area (Å²) in [6, 6.07) is 7.73. The van der Waals surface area contributed by atoms with Crippen LogP contribution in [0.4, 0.5) is 5.69 Å². The molecule has 1 aliphatic heterocycles. The van der Waals surface area contributed by atoms with Crippen LogP contribution >= 0.6 is 0 Å². The molecule has 18 heavy (non-hydrogen) atoms. The maximum Gasteiger partial charge on any atom is 0.254 e. The van der Waals surface area contributed by atoms with Crippen LogP contribution in [0.3, 0.4) is 0 Å². The first-order valence-electron chi connectivity index (χ1n) is 6.22. The summed E-state index contributed by atoms with van der Waals surface area (Å²) in [6.07, 6.45) is 0.451. The van der Waals surface area contributed by atoms with Gasteiger partial charge in [-0.15, -0.1) is 0 Å². The summed E-state index contributed by atoms with van der Waals surface area (Å²) < 4.78 is 5.38. The summed E-state index contributed by atoms with van der Waals surface area (Å²) in [5.41, 5.74) is 7.44. The predicted octanol–water partition coefficient (Wildman–Crippen LogP) is 0.115. The van der Waals surface area contributed by atoms with Crippen molar-refractivity contribution in [3.8, 4) is 0 Å². The molecule has 0 spiro atoms. The Morgan fingerprint density at radius 3 is 2.83 bits per heavy atom. The number of ether oxygens (including phenoxy) is 1. The van der Waals surface area contributed by atoms with Gasteiger partial charge in [-0.25, -0.2) is 0 Å². The van der Waals surface area contributed by atoms with E-state index in [9.17, 15) is 4.79 Å². The van der Waals surface area contributed by atoms with Crippen LogP contribution in [0, 0.1) is 0 Å². The van der Waals surface area contributed by atoms with Crippen LogP contribution < -0.4 is 16.4 Å². The molecule has 1 heterocycles. The van der Waals surface area contributed by atoms with E-state index in [0.717, 1.165) is 18.7 Å². The van der Waals surface area contributed by atoms with Crippen molar-refractivity contribution in [2.45, 2.75) is 12.5 Å². The molecule has 0 bridgehead atoms. The molecular weight excluding hydrogens is 230 g/mol. The van der Waals surface area contributed by atoms with Crippen molar-refractivity contribution in [3.05, 3.63) is 29.8 Å². The normalized spacial score (nSPS) is 19.5. The minimum absolute atomic E-state index is 0.103. The third-order valence-electron chi connectivity index (χ3n) is 2.87.